The summed E-state index contributed by atoms with van der Waals surface area (Å²) in [7, 11) is -3.71. The Hall–Kier alpha value is -2.51. The Morgan fingerprint density at radius 1 is 1.00 bits per heavy atom. The standard InChI is InChI=1S/C20H23N3O3S/c24-20(15-21-27(25,26)17-11-5-2-6-12-17)23-22-19-14-8-7-13-18(19)16-9-3-1-4-10-16/h1-6,9-12,18,21H,7-8,13-15H2,(H,23,24)/b22-19-/t18-/m1/s1. The lowest BCUT2D eigenvalue weighted by Gasteiger charge is -2.24. The quantitative estimate of drug-likeness (QED) is 0.750. The largest absolute Gasteiger partial charge is 0.272 e. The predicted octanol–water partition coefficient (Wildman–Crippen LogP) is 2.79. The molecule has 3 rings (SSSR count). The van der Waals surface area contributed by atoms with Crippen molar-refractivity contribution in [1.29, 1.82) is 0 Å². The van der Waals surface area contributed by atoms with E-state index in [2.05, 4.69) is 27.4 Å². The Kier molecular flexibility index (Phi) is 6.36. The van der Waals surface area contributed by atoms with Gasteiger partial charge in [-0.1, -0.05) is 55.0 Å². The van der Waals surface area contributed by atoms with Gasteiger partial charge in [0.25, 0.3) is 5.91 Å². The molecule has 0 spiro atoms. The summed E-state index contributed by atoms with van der Waals surface area (Å²) in [5, 5.41) is 4.30. The van der Waals surface area contributed by atoms with Gasteiger partial charge in [-0.15, -0.1) is 0 Å². The van der Waals surface area contributed by atoms with Gasteiger partial charge in [0.15, 0.2) is 0 Å². The van der Waals surface area contributed by atoms with Crippen LogP contribution in [0.1, 0.15) is 37.2 Å². The molecular weight excluding hydrogens is 362 g/mol. The maximum Gasteiger partial charge on any atom is 0.255 e. The first-order valence-corrected chi connectivity index (χ1v) is 10.5. The van der Waals surface area contributed by atoms with Crippen LogP contribution in [0.25, 0.3) is 0 Å². The average molecular weight is 385 g/mol. The zero-order valence-corrected chi connectivity index (χ0v) is 15.8. The van der Waals surface area contributed by atoms with Gasteiger partial charge in [0, 0.05) is 11.6 Å². The Morgan fingerprint density at radius 3 is 2.37 bits per heavy atom. The second-order valence-electron chi connectivity index (χ2n) is 6.48. The number of rotatable bonds is 6. The molecule has 1 saturated carbocycles. The summed E-state index contributed by atoms with van der Waals surface area (Å²) in [6.07, 6.45) is 4.00. The van der Waals surface area contributed by atoms with E-state index < -0.39 is 15.9 Å². The van der Waals surface area contributed by atoms with E-state index in [9.17, 15) is 13.2 Å². The number of sulfonamides is 1. The minimum absolute atomic E-state index is 0.125. The van der Waals surface area contributed by atoms with Crippen LogP contribution in [-0.4, -0.2) is 26.6 Å². The molecule has 2 aromatic rings. The van der Waals surface area contributed by atoms with Crippen molar-refractivity contribution in [3.8, 4) is 0 Å². The third-order valence-electron chi connectivity index (χ3n) is 4.58. The van der Waals surface area contributed by atoms with Gasteiger partial charge in [0.2, 0.25) is 10.0 Å². The number of benzene rings is 2. The van der Waals surface area contributed by atoms with Gasteiger partial charge in [-0.3, -0.25) is 4.79 Å². The number of amides is 1. The van der Waals surface area contributed by atoms with E-state index in [1.165, 1.54) is 17.7 Å². The average Bonchev–Trinajstić information content (AvgIpc) is 2.72. The smallest absolute Gasteiger partial charge is 0.255 e. The molecule has 2 N–H and O–H groups in total. The molecule has 0 unspecified atom stereocenters. The third kappa shape index (κ3) is 5.24. The van der Waals surface area contributed by atoms with Crippen molar-refractivity contribution in [3.63, 3.8) is 0 Å². The molecule has 0 bridgehead atoms. The van der Waals surface area contributed by atoms with Gasteiger partial charge in [-0.25, -0.2) is 18.6 Å². The van der Waals surface area contributed by atoms with Crippen LogP contribution in [0.5, 0.6) is 0 Å². The van der Waals surface area contributed by atoms with E-state index >= 15 is 0 Å². The van der Waals surface area contributed by atoms with Crippen LogP contribution in [0.4, 0.5) is 0 Å². The molecule has 2 aromatic carbocycles. The summed E-state index contributed by atoms with van der Waals surface area (Å²) in [6.45, 7) is -0.357. The number of hydrazone groups is 1. The van der Waals surface area contributed by atoms with Crippen LogP contribution in [0, 0.1) is 0 Å². The summed E-state index contributed by atoms with van der Waals surface area (Å²) >= 11 is 0. The van der Waals surface area contributed by atoms with E-state index in [4.69, 9.17) is 0 Å². The number of hydrogen-bond acceptors (Lipinski definition) is 4. The van der Waals surface area contributed by atoms with Gasteiger partial charge in [-0.05, 0) is 37.0 Å². The normalized spacial score (nSPS) is 19.0. The van der Waals surface area contributed by atoms with Crippen LogP contribution in [0.2, 0.25) is 0 Å². The molecule has 1 atom stereocenters. The molecule has 1 amide bonds. The Labute approximate surface area is 159 Å². The van der Waals surface area contributed by atoms with Crippen LogP contribution >= 0.6 is 0 Å². The summed E-state index contributed by atoms with van der Waals surface area (Å²) in [5.74, 6) is -0.291. The van der Waals surface area contributed by atoms with E-state index in [0.29, 0.717) is 0 Å². The zero-order valence-electron chi connectivity index (χ0n) is 15.0. The number of nitrogens with one attached hydrogen (secondary N) is 2. The van der Waals surface area contributed by atoms with Gasteiger partial charge in [-0.2, -0.15) is 5.10 Å². The van der Waals surface area contributed by atoms with Crippen molar-refractivity contribution in [1.82, 2.24) is 10.1 Å². The first-order chi connectivity index (χ1) is 13.1. The molecule has 6 nitrogen and oxygen atoms in total. The van der Waals surface area contributed by atoms with Crippen LogP contribution < -0.4 is 10.1 Å². The lowest BCUT2D eigenvalue weighted by atomic mass is 9.82. The predicted molar refractivity (Wildman–Crippen MR) is 105 cm³/mol. The Morgan fingerprint density at radius 2 is 1.67 bits per heavy atom. The van der Waals surface area contributed by atoms with Crippen LogP contribution in [-0.2, 0) is 14.8 Å². The second kappa shape index (κ2) is 8.92. The maximum absolute atomic E-state index is 12.2. The summed E-state index contributed by atoms with van der Waals surface area (Å²) < 4.78 is 26.6. The highest BCUT2D eigenvalue weighted by atomic mass is 32.2. The molecule has 0 aliphatic heterocycles. The summed E-state index contributed by atoms with van der Waals surface area (Å²) in [5.41, 5.74) is 4.62. The highest BCUT2D eigenvalue weighted by Crippen LogP contribution is 2.30. The molecule has 7 heteroatoms. The highest BCUT2D eigenvalue weighted by molar-refractivity contribution is 7.89. The monoisotopic (exact) mass is 385 g/mol. The molecule has 142 valence electrons. The van der Waals surface area contributed by atoms with Crippen LogP contribution in [0.3, 0.4) is 0 Å². The van der Waals surface area contributed by atoms with Crippen molar-refractivity contribution in [2.24, 2.45) is 5.10 Å². The fraction of sp³-hybridized carbons (Fsp3) is 0.300. The van der Waals surface area contributed by atoms with Crippen molar-refractivity contribution in [2.45, 2.75) is 36.5 Å². The third-order valence-corrected chi connectivity index (χ3v) is 6.00. The number of nitrogens with zero attached hydrogens (tertiary/aromatic N) is 1. The SMILES string of the molecule is O=C(CNS(=O)(=O)c1ccccc1)N/N=C1/CCCC[C@@H]1c1ccccc1. The molecule has 1 aliphatic rings. The van der Waals surface area contributed by atoms with E-state index in [0.717, 1.165) is 31.4 Å². The molecule has 0 heterocycles. The van der Waals surface area contributed by atoms with Gasteiger partial charge >= 0.3 is 0 Å². The number of hydrogen-bond donors (Lipinski definition) is 2. The Bertz CT molecular complexity index is 897. The first-order valence-electron chi connectivity index (χ1n) is 9.01. The number of carbonyl (C=O) groups excluding carboxylic acids is 1. The van der Waals surface area contributed by atoms with Crippen molar-refractivity contribution in [3.05, 3.63) is 66.2 Å². The molecule has 0 radical (unpaired) electrons. The lowest BCUT2D eigenvalue weighted by molar-refractivity contribution is -0.119. The maximum atomic E-state index is 12.2. The fourth-order valence-corrected chi connectivity index (χ4v) is 4.19. The highest BCUT2D eigenvalue weighted by Gasteiger charge is 2.22. The molecular formula is C20H23N3O3S. The van der Waals surface area contributed by atoms with Crippen molar-refractivity contribution >= 4 is 21.6 Å². The molecule has 1 fully saturated rings. The topological polar surface area (TPSA) is 87.6 Å². The van der Waals surface area contributed by atoms with E-state index in [1.807, 2.05) is 18.2 Å². The zero-order chi connectivity index (χ0) is 19.1. The summed E-state index contributed by atoms with van der Waals surface area (Å²) in [6, 6.07) is 18.1. The minimum atomic E-state index is -3.71. The molecule has 1 aliphatic carbocycles. The van der Waals surface area contributed by atoms with Crippen LogP contribution in [0.15, 0.2) is 70.7 Å². The summed E-state index contributed by atoms with van der Waals surface area (Å²) in [4.78, 5) is 12.2. The van der Waals surface area contributed by atoms with E-state index in [-0.39, 0.29) is 17.4 Å². The minimum Gasteiger partial charge on any atom is -0.272 e. The van der Waals surface area contributed by atoms with Crippen molar-refractivity contribution < 1.29 is 13.2 Å². The molecule has 0 aromatic heterocycles. The molecule has 0 saturated heterocycles. The lowest BCUT2D eigenvalue weighted by Crippen LogP contribution is -2.35. The Balaban J connectivity index is 1.60. The van der Waals surface area contributed by atoms with Crippen molar-refractivity contribution in [2.75, 3.05) is 6.54 Å². The first kappa shape index (κ1) is 19.3. The second-order valence-corrected chi connectivity index (χ2v) is 8.25. The fourth-order valence-electron chi connectivity index (χ4n) is 3.19. The van der Waals surface area contributed by atoms with Gasteiger partial charge in [0.05, 0.1) is 11.4 Å². The van der Waals surface area contributed by atoms with E-state index in [1.54, 1.807) is 18.2 Å². The molecule has 27 heavy (non-hydrogen) atoms. The van der Waals surface area contributed by atoms with Gasteiger partial charge in [0.1, 0.15) is 0 Å². The number of carbonyl (C=O) groups is 1. The van der Waals surface area contributed by atoms with Gasteiger partial charge < -0.3 is 0 Å².